The molecule has 2 aromatic rings. The molecule has 96 valence electrons. The number of hydrogen-bond donors (Lipinski definition) is 1. The van der Waals surface area contributed by atoms with Gasteiger partial charge in [0.2, 0.25) is 0 Å². The molecule has 2 aromatic heterocycles. The molecule has 0 bridgehead atoms. The summed E-state index contributed by atoms with van der Waals surface area (Å²) >= 11 is 1.71. The third-order valence-corrected chi connectivity index (χ3v) is 4.76. The largest absolute Gasteiger partial charge is 0.383 e. The molecular formula is C13H17N3OS. The molecule has 0 saturated carbocycles. The van der Waals surface area contributed by atoms with Gasteiger partial charge in [0.15, 0.2) is 0 Å². The normalized spacial score (nSPS) is 17.4. The van der Waals surface area contributed by atoms with Crippen LogP contribution in [0.2, 0.25) is 0 Å². The molecule has 0 aromatic carbocycles. The molecule has 0 unspecified atom stereocenters. The summed E-state index contributed by atoms with van der Waals surface area (Å²) in [7, 11) is 0. The van der Waals surface area contributed by atoms with Gasteiger partial charge >= 0.3 is 0 Å². The van der Waals surface area contributed by atoms with E-state index in [1.165, 1.54) is 10.4 Å². The lowest BCUT2D eigenvalue weighted by molar-refractivity contribution is 0.0837. The maximum Gasteiger partial charge on any atom is 0.136 e. The second-order valence-electron chi connectivity index (χ2n) is 4.82. The zero-order valence-corrected chi connectivity index (χ0v) is 11.5. The number of nitrogens with two attached hydrogens (primary N) is 1. The Morgan fingerprint density at radius 3 is 2.67 bits per heavy atom. The van der Waals surface area contributed by atoms with Gasteiger partial charge in [0.25, 0.3) is 0 Å². The maximum atomic E-state index is 6.10. The molecule has 4 nitrogen and oxygen atoms in total. The fourth-order valence-corrected chi connectivity index (χ4v) is 3.48. The third kappa shape index (κ3) is 1.87. The van der Waals surface area contributed by atoms with Crippen molar-refractivity contribution in [2.24, 2.45) is 0 Å². The molecule has 3 heterocycles. The molecule has 5 heteroatoms. The van der Waals surface area contributed by atoms with E-state index in [0.717, 1.165) is 42.1 Å². The minimum Gasteiger partial charge on any atom is -0.383 e. The van der Waals surface area contributed by atoms with Gasteiger partial charge < -0.3 is 10.5 Å². The highest BCUT2D eigenvalue weighted by molar-refractivity contribution is 7.18. The molecule has 2 N–H and O–H groups in total. The monoisotopic (exact) mass is 263 g/mol. The van der Waals surface area contributed by atoms with Crippen LogP contribution in [-0.4, -0.2) is 23.2 Å². The Hall–Kier alpha value is -1.20. The van der Waals surface area contributed by atoms with Gasteiger partial charge in [0, 0.05) is 24.0 Å². The van der Waals surface area contributed by atoms with E-state index < -0.39 is 0 Å². The molecule has 1 aliphatic heterocycles. The molecule has 1 saturated heterocycles. The summed E-state index contributed by atoms with van der Waals surface area (Å²) in [4.78, 5) is 11.5. The Morgan fingerprint density at radius 2 is 1.94 bits per heavy atom. The Morgan fingerprint density at radius 1 is 1.22 bits per heavy atom. The van der Waals surface area contributed by atoms with E-state index >= 15 is 0 Å². The van der Waals surface area contributed by atoms with E-state index in [2.05, 4.69) is 18.8 Å². The fraction of sp³-hybridized carbons (Fsp3) is 0.538. The van der Waals surface area contributed by atoms with Crippen molar-refractivity contribution >= 4 is 27.4 Å². The summed E-state index contributed by atoms with van der Waals surface area (Å²) in [5.41, 5.74) is 7.32. The van der Waals surface area contributed by atoms with Gasteiger partial charge in [0.1, 0.15) is 16.5 Å². The second-order valence-corrected chi connectivity index (χ2v) is 6.02. The van der Waals surface area contributed by atoms with Crippen molar-refractivity contribution in [2.75, 3.05) is 18.9 Å². The van der Waals surface area contributed by atoms with E-state index in [4.69, 9.17) is 15.5 Å². The summed E-state index contributed by atoms with van der Waals surface area (Å²) in [5.74, 6) is 1.92. The van der Waals surface area contributed by atoms with Crippen molar-refractivity contribution in [3.63, 3.8) is 0 Å². The van der Waals surface area contributed by atoms with Crippen molar-refractivity contribution in [2.45, 2.75) is 32.6 Å². The van der Waals surface area contributed by atoms with Gasteiger partial charge in [-0.1, -0.05) is 0 Å². The van der Waals surface area contributed by atoms with E-state index in [1.54, 1.807) is 11.3 Å². The van der Waals surface area contributed by atoms with Crippen LogP contribution in [0.4, 0.5) is 5.82 Å². The van der Waals surface area contributed by atoms with Crippen molar-refractivity contribution in [3.8, 4) is 0 Å². The first-order chi connectivity index (χ1) is 8.66. The Balaban J connectivity index is 2.09. The van der Waals surface area contributed by atoms with Crippen molar-refractivity contribution < 1.29 is 4.74 Å². The molecule has 18 heavy (non-hydrogen) atoms. The molecule has 0 radical (unpaired) electrons. The van der Waals surface area contributed by atoms with E-state index in [0.29, 0.717) is 11.7 Å². The van der Waals surface area contributed by atoms with E-state index in [9.17, 15) is 0 Å². The highest BCUT2D eigenvalue weighted by Crippen LogP contribution is 2.34. The SMILES string of the molecule is Cc1sc2nc(C3CCOCC3)nc(N)c2c1C. The van der Waals surface area contributed by atoms with Crippen LogP contribution < -0.4 is 5.73 Å². The predicted octanol–water partition coefficient (Wildman–Crippen LogP) is 2.78. The Labute approximate surface area is 110 Å². The number of hydrogen-bond acceptors (Lipinski definition) is 5. The van der Waals surface area contributed by atoms with Crippen molar-refractivity contribution in [1.29, 1.82) is 0 Å². The smallest absolute Gasteiger partial charge is 0.136 e. The number of anilines is 1. The molecular weight excluding hydrogens is 246 g/mol. The molecule has 0 atom stereocenters. The van der Waals surface area contributed by atoms with Crippen LogP contribution in [0.5, 0.6) is 0 Å². The Bertz CT molecular complexity index is 587. The average Bonchev–Trinajstić information content (AvgIpc) is 2.66. The van der Waals surface area contributed by atoms with Crippen molar-refractivity contribution in [1.82, 2.24) is 9.97 Å². The highest BCUT2D eigenvalue weighted by atomic mass is 32.1. The average molecular weight is 263 g/mol. The zero-order valence-electron chi connectivity index (χ0n) is 10.7. The molecule has 1 fully saturated rings. The van der Waals surface area contributed by atoms with Crippen LogP contribution in [0.25, 0.3) is 10.2 Å². The topological polar surface area (TPSA) is 61.0 Å². The number of rotatable bonds is 1. The number of aryl methyl sites for hydroxylation is 2. The molecule has 3 rings (SSSR count). The lowest BCUT2D eigenvalue weighted by Gasteiger charge is -2.20. The lowest BCUT2D eigenvalue weighted by Crippen LogP contribution is -2.16. The number of nitrogen functional groups attached to an aromatic ring is 1. The van der Waals surface area contributed by atoms with Crippen molar-refractivity contribution in [3.05, 3.63) is 16.3 Å². The fourth-order valence-electron chi connectivity index (χ4n) is 2.44. The summed E-state index contributed by atoms with van der Waals surface area (Å²) in [5, 5.41) is 1.04. The summed E-state index contributed by atoms with van der Waals surface area (Å²) in [6.07, 6.45) is 1.99. The van der Waals surface area contributed by atoms with Crippen LogP contribution in [0.15, 0.2) is 0 Å². The van der Waals surface area contributed by atoms with Crippen LogP contribution in [0.1, 0.15) is 35.0 Å². The van der Waals surface area contributed by atoms with Crippen LogP contribution in [0.3, 0.4) is 0 Å². The third-order valence-electron chi connectivity index (χ3n) is 3.66. The molecule has 0 aliphatic carbocycles. The number of nitrogens with zero attached hydrogens (tertiary/aromatic N) is 2. The van der Waals surface area contributed by atoms with Gasteiger partial charge in [0.05, 0.1) is 5.39 Å². The standard InChI is InChI=1S/C13H17N3OS/c1-7-8(2)18-13-10(7)11(14)15-12(16-13)9-3-5-17-6-4-9/h9H,3-6H2,1-2H3,(H2,14,15,16). The van der Waals surface area contributed by atoms with Crippen LogP contribution >= 0.6 is 11.3 Å². The van der Waals surface area contributed by atoms with Gasteiger partial charge in [-0.3, -0.25) is 0 Å². The van der Waals surface area contributed by atoms with Gasteiger partial charge in [-0.05, 0) is 32.3 Å². The zero-order chi connectivity index (χ0) is 12.7. The minimum absolute atomic E-state index is 0.396. The Kier molecular flexibility index (Phi) is 2.95. The number of thiophene rings is 1. The molecule has 1 aliphatic rings. The number of ether oxygens (including phenoxy) is 1. The van der Waals surface area contributed by atoms with E-state index in [1.807, 2.05) is 0 Å². The highest BCUT2D eigenvalue weighted by Gasteiger charge is 2.21. The predicted molar refractivity (Wildman–Crippen MR) is 74.1 cm³/mol. The quantitative estimate of drug-likeness (QED) is 0.859. The van der Waals surface area contributed by atoms with Crippen LogP contribution in [-0.2, 0) is 4.74 Å². The molecule has 0 amide bonds. The number of aromatic nitrogens is 2. The minimum atomic E-state index is 0.396. The maximum absolute atomic E-state index is 6.10. The first-order valence-electron chi connectivity index (χ1n) is 6.27. The summed E-state index contributed by atoms with van der Waals surface area (Å²) in [6.45, 7) is 5.79. The summed E-state index contributed by atoms with van der Waals surface area (Å²) < 4.78 is 5.38. The number of fused-ring (bicyclic) bond motifs is 1. The van der Waals surface area contributed by atoms with Gasteiger partial charge in [-0.25, -0.2) is 9.97 Å². The second kappa shape index (κ2) is 4.48. The first kappa shape index (κ1) is 11.9. The van der Waals surface area contributed by atoms with Gasteiger partial charge in [-0.2, -0.15) is 0 Å². The lowest BCUT2D eigenvalue weighted by atomic mass is 9.99. The summed E-state index contributed by atoms with van der Waals surface area (Å²) in [6, 6.07) is 0. The van der Waals surface area contributed by atoms with Gasteiger partial charge in [-0.15, -0.1) is 11.3 Å². The first-order valence-corrected chi connectivity index (χ1v) is 7.09. The van der Waals surface area contributed by atoms with E-state index in [-0.39, 0.29) is 0 Å². The van der Waals surface area contributed by atoms with Crippen LogP contribution in [0, 0.1) is 13.8 Å². The molecule has 0 spiro atoms.